The molecule has 7 heavy (non-hydrogen) atoms. The molecule has 0 radical (unpaired) electrons. The van der Waals surface area contributed by atoms with Gasteiger partial charge in [0.15, 0.2) is 0 Å². The summed E-state index contributed by atoms with van der Waals surface area (Å²) in [6, 6.07) is 0. The maximum Gasteiger partial charge on any atom is 0.123 e. The van der Waals surface area contributed by atoms with Gasteiger partial charge in [0.05, 0.1) is 6.21 Å². The molecular formula is C3H6N2OS. The minimum absolute atomic E-state index is 0.0810. The molecule has 0 aromatic rings. The van der Waals surface area contributed by atoms with Crippen molar-refractivity contribution in [3.05, 3.63) is 0 Å². The summed E-state index contributed by atoms with van der Waals surface area (Å²) in [5.74, 6) is 0. The molecule has 0 N–H and O–H groups in total. The summed E-state index contributed by atoms with van der Waals surface area (Å²) in [5.41, 5.74) is 0. The molecule has 0 fully saturated rings. The minimum atomic E-state index is 0.0810. The molecule has 0 aliphatic carbocycles. The Balaban J connectivity index is 2.42. The summed E-state index contributed by atoms with van der Waals surface area (Å²) in [6.45, 7) is 1.89. The van der Waals surface area contributed by atoms with E-state index in [4.69, 9.17) is 4.84 Å². The number of hydrazone groups is 1. The van der Waals surface area contributed by atoms with Gasteiger partial charge >= 0.3 is 0 Å². The van der Waals surface area contributed by atoms with Gasteiger partial charge in [-0.05, 0) is 19.7 Å². The molecule has 0 aromatic heterocycles. The Morgan fingerprint density at radius 2 is 2.71 bits per heavy atom. The average Bonchev–Trinajstić information content (AvgIpc) is 1.87. The summed E-state index contributed by atoms with van der Waals surface area (Å²) >= 11 is 3.76. The maximum atomic E-state index is 4.84. The predicted molar refractivity (Wildman–Crippen MR) is 29.9 cm³/mol. The number of hydrogen-bond acceptors (Lipinski definition) is 4. The molecular weight excluding hydrogens is 112 g/mol. The second-order valence-electron chi connectivity index (χ2n) is 1.33. The van der Waals surface area contributed by atoms with Crippen LogP contribution in [0.15, 0.2) is 5.10 Å². The molecule has 0 aromatic carbocycles. The van der Waals surface area contributed by atoms with Gasteiger partial charge < -0.3 is 0 Å². The lowest BCUT2D eigenvalue weighted by atomic mass is 10.5. The number of hydrogen-bond donors (Lipinski definition) is 1. The Bertz CT molecular complexity index is 84.9. The lowest BCUT2D eigenvalue weighted by molar-refractivity contribution is -0.0665. The smallest absolute Gasteiger partial charge is 0.123 e. The van der Waals surface area contributed by atoms with Crippen molar-refractivity contribution < 1.29 is 4.84 Å². The highest BCUT2D eigenvalue weighted by atomic mass is 32.1. The fourth-order valence-electron chi connectivity index (χ4n) is 0.354. The van der Waals surface area contributed by atoms with E-state index in [1.165, 1.54) is 0 Å². The van der Waals surface area contributed by atoms with Gasteiger partial charge in [-0.1, -0.05) is 0 Å². The van der Waals surface area contributed by atoms with Crippen LogP contribution in [0.1, 0.15) is 6.92 Å². The van der Waals surface area contributed by atoms with Gasteiger partial charge in [-0.2, -0.15) is 5.10 Å². The molecule has 4 heteroatoms. The third kappa shape index (κ3) is 1.07. The van der Waals surface area contributed by atoms with Crippen LogP contribution < -0.4 is 0 Å². The van der Waals surface area contributed by atoms with Crippen LogP contribution in [0.25, 0.3) is 0 Å². The molecule has 0 saturated carbocycles. The molecule has 1 heterocycles. The monoisotopic (exact) mass is 118 g/mol. The summed E-state index contributed by atoms with van der Waals surface area (Å²) in [7, 11) is 0. The van der Waals surface area contributed by atoms with Crippen LogP contribution in [-0.2, 0) is 4.84 Å². The van der Waals surface area contributed by atoms with Crippen molar-refractivity contribution >= 4 is 19.0 Å². The van der Waals surface area contributed by atoms with Crippen LogP contribution >= 0.6 is 12.8 Å². The van der Waals surface area contributed by atoms with E-state index in [-0.39, 0.29) is 6.10 Å². The van der Waals surface area contributed by atoms with Crippen LogP contribution in [0.4, 0.5) is 0 Å². The molecule has 0 spiro atoms. The summed E-state index contributed by atoms with van der Waals surface area (Å²) in [5, 5.41) is 3.67. The fraction of sp³-hybridized carbons (Fsp3) is 0.667. The average molecular weight is 118 g/mol. The molecule has 1 unspecified atom stereocenters. The van der Waals surface area contributed by atoms with E-state index in [2.05, 4.69) is 17.9 Å². The minimum Gasteiger partial charge on any atom is -0.238 e. The topological polar surface area (TPSA) is 24.8 Å². The van der Waals surface area contributed by atoms with Crippen molar-refractivity contribution in [1.82, 2.24) is 4.58 Å². The molecule has 1 aliphatic rings. The van der Waals surface area contributed by atoms with Gasteiger partial charge in [-0.15, -0.1) is 4.58 Å². The third-order valence-electron chi connectivity index (χ3n) is 0.636. The van der Waals surface area contributed by atoms with E-state index in [9.17, 15) is 0 Å². The van der Waals surface area contributed by atoms with Crippen LogP contribution in [0.5, 0.6) is 0 Å². The fourth-order valence-corrected chi connectivity index (χ4v) is 0.562. The van der Waals surface area contributed by atoms with Gasteiger partial charge in [-0.3, -0.25) is 0 Å². The normalized spacial score (nSPS) is 29.4. The lowest BCUT2D eigenvalue weighted by Gasteiger charge is -2.02. The predicted octanol–water partition coefficient (Wildman–Crippen LogP) is 0.453. The van der Waals surface area contributed by atoms with Crippen molar-refractivity contribution in [1.29, 1.82) is 0 Å². The quantitative estimate of drug-likeness (QED) is 0.467. The first-order valence-corrected chi connectivity index (χ1v) is 2.39. The summed E-state index contributed by atoms with van der Waals surface area (Å²) < 4.78 is 1.14. The Labute approximate surface area is 47.4 Å². The largest absolute Gasteiger partial charge is 0.238 e. The van der Waals surface area contributed by atoms with E-state index in [0.717, 1.165) is 4.58 Å². The zero-order valence-corrected chi connectivity index (χ0v) is 4.80. The van der Waals surface area contributed by atoms with Crippen LogP contribution in [0.3, 0.4) is 0 Å². The molecule has 1 aliphatic heterocycles. The molecule has 1 atom stereocenters. The van der Waals surface area contributed by atoms with Crippen LogP contribution in [0.2, 0.25) is 0 Å². The Kier molecular flexibility index (Phi) is 1.21. The van der Waals surface area contributed by atoms with Crippen molar-refractivity contribution in [2.24, 2.45) is 5.10 Å². The van der Waals surface area contributed by atoms with E-state index < -0.39 is 0 Å². The second kappa shape index (κ2) is 1.71. The van der Waals surface area contributed by atoms with E-state index in [0.29, 0.717) is 0 Å². The van der Waals surface area contributed by atoms with Gasteiger partial charge in [0, 0.05) is 0 Å². The van der Waals surface area contributed by atoms with E-state index >= 15 is 0 Å². The van der Waals surface area contributed by atoms with Gasteiger partial charge in [-0.25, -0.2) is 4.84 Å². The number of thiol groups is 1. The Hall–Kier alpha value is -0.220. The number of nitrogens with zero attached hydrogens (tertiary/aromatic N) is 2. The molecule has 1 rings (SSSR count). The zero-order valence-electron chi connectivity index (χ0n) is 3.90. The van der Waals surface area contributed by atoms with Crippen molar-refractivity contribution in [3.63, 3.8) is 0 Å². The van der Waals surface area contributed by atoms with Gasteiger partial charge in [0.25, 0.3) is 0 Å². The molecule has 40 valence electrons. The highest BCUT2D eigenvalue weighted by molar-refractivity contribution is 7.77. The van der Waals surface area contributed by atoms with Crippen LogP contribution in [-0.4, -0.2) is 16.9 Å². The van der Waals surface area contributed by atoms with Crippen molar-refractivity contribution in [2.45, 2.75) is 13.0 Å². The first-order valence-electron chi connectivity index (χ1n) is 1.99. The SMILES string of the molecule is CC1C=NN(S)O1. The van der Waals surface area contributed by atoms with Gasteiger partial charge in [0.2, 0.25) is 0 Å². The lowest BCUT2D eigenvalue weighted by Crippen LogP contribution is -2.06. The maximum absolute atomic E-state index is 4.84. The van der Waals surface area contributed by atoms with Crippen molar-refractivity contribution in [2.75, 3.05) is 0 Å². The molecule has 3 nitrogen and oxygen atoms in total. The standard InChI is InChI=1S/C3H6N2OS/c1-3-2-4-5(7)6-3/h2-3,7H,1H3. The number of rotatable bonds is 0. The molecule has 0 amide bonds. The van der Waals surface area contributed by atoms with E-state index in [1.54, 1.807) is 6.21 Å². The molecule has 0 saturated heterocycles. The van der Waals surface area contributed by atoms with E-state index in [1.807, 2.05) is 6.92 Å². The first-order chi connectivity index (χ1) is 3.29. The Morgan fingerprint density at radius 3 is 2.86 bits per heavy atom. The highest BCUT2D eigenvalue weighted by Crippen LogP contribution is 2.05. The summed E-state index contributed by atoms with van der Waals surface area (Å²) in [4.78, 5) is 4.84. The van der Waals surface area contributed by atoms with Crippen molar-refractivity contribution in [3.8, 4) is 0 Å². The third-order valence-corrected chi connectivity index (χ3v) is 0.833. The Morgan fingerprint density at radius 1 is 2.00 bits per heavy atom. The highest BCUT2D eigenvalue weighted by Gasteiger charge is 2.08. The van der Waals surface area contributed by atoms with Crippen LogP contribution in [0, 0.1) is 0 Å². The second-order valence-corrected chi connectivity index (χ2v) is 1.67. The summed E-state index contributed by atoms with van der Waals surface area (Å²) in [6.07, 6.45) is 1.75. The zero-order chi connectivity index (χ0) is 5.28. The first kappa shape index (κ1) is 4.93. The molecule has 0 bridgehead atoms. The van der Waals surface area contributed by atoms with Gasteiger partial charge in [0.1, 0.15) is 6.10 Å².